The molecule has 1 fully saturated rings. The molecular weight excluding hydrogens is 360 g/mol. The molecule has 0 radical (unpaired) electrons. The minimum Gasteiger partial charge on any atom is -0.497 e. The molecule has 0 bridgehead atoms. The largest absolute Gasteiger partial charge is 0.497 e. The Hall–Kier alpha value is -3.09. The van der Waals surface area contributed by atoms with Crippen LogP contribution in [0, 0.1) is 0 Å². The molecule has 28 heavy (non-hydrogen) atoms. The number of para-hydroxylation sites is 1. The Kier molecular flexibility index (Phi) is 6.47. The first-order valence-corrected chi connectivity index (χ1v) is 9.17. The summed E-state index contributed by atoms with van der Waals surface area (Å²) in [5.74, 6) is 2.34. The minimum absolute atomic E-state index is 0.0357. The third-order valence-electron chi connectivity index (χ3n) is 4.79. The van der Waals surface area contributed by atoms with Crippen LogP contribution in [0.4, 0.5) is 5.69 Å². The predicted octanol–water partition coefficient (Wildman–Crippen LogP) is 2.44. The maximum Gasteiger partial charge on any atom is 0.260 e. The standard InChI is InChI=1S/C21H26N2O5/c1-25-17-9-7-16(8-10-17)22-11-13-23(14-12-22)20(24)15-28-19-6-4-5-18(26-2)21(19)27-3/h4-10H,11-15H2,1-3H3. The quantitative estimate of drug-likeness (QED) is 0.729. The number of carbonyl (C=O) groups is 1. The number of methoxy groups -OCH3 is 3. The number of hydrogen-bond acceptors (Lipinski definition) is 6. The van der Waals surface area contributed by atoms with E-state index in [0.717, 1.165) is 24.5 Å². The van der Waals surface area contributed by atoms with Crippen molar-refractivity contribution in [2.75, 3.05) is 59.0 Å². The molecule has 0 N–H and O–H groups in total. The van der Waals surface area contributed by atoms with E-state index in [4.69, 9.17) is 18.9 Å². The minimum atomic E-state index is -0.0424. The second-order valence-corrected chi connectivity index (χ2v) is 6.35. The van der Waals surface area contributed by atoms with Crippen molar-refractivity contribution in [3.63, 3.8) is 0 Å². The van der Waals surface area contributed by atoms with Crippen LogP contribution in [0.1, 0.15) is 0 Å². The van der Waals surface area contributed by atoms with Crippen molar-refractivity contribution in [2.45, 2.75) is 0 Å². The second kappa shape index (κ2) is 9.21. The Balaban J connectivity index is 1.53. The van der Waals surface area contributed by atoms with Crippen LogP contribution >= 0.6 is 0 Å². The molecule has 2 aromatic rings. The maximum absolute atomic E-state index is 12.5. The zero-order valence-electron chi connectivity index (χ0n) is 16.5. The topological polar surface area (TPSA) is 60.5 Å². The number of piperazine rings is 1. The summed E-state index contributed by atoms with van der Waals surface area (Å²) in [7, 11) is 4.77. The fraction of sp³-hybridized carbons (Fsp3) is 0.381. The maximum atomic E-state index is 12.5. The summed E-state index contributed by atoms with van der Waals surface area (Å²) in [6.45, 7) is 2.83. The molecule has 0 spiro atoms. The van der Waals surface area contributed by atoms with Crippen molar-refractivity contribution in [2.24, 2.45) is 0 Å². The fourth-order valence-corrected chi connectivity index (χ4v) is 3.21. The Labute approximate surface area is 165 Å². The van der Waals surface area contributed by atoms with Crippen LogP contribution in [0.2, 0.25) is 0 Å². The molecule has 7 heteroatoms. The molecule has 0 aromatic heterocycles. The highest BCUT2D eigenvalue weighted by Crippen LogP contribution is 2.36. The lowest BCUT2D eigenvalue weighted by Gasteiger charge is -2.36. The van der Waals surface area contributed by atoms with Gasteiger partial charge in [0.2, 0.25) is 5.75 Å². The summed E-state index contributed by atoms with van der Waals surface area (Å²) >= 11 is 0. The van der Waals surface area contributed by atoms with Gasteiger partial charge in [0.15, 0.2) is 18.1 Å². The Morgan fingerprint density at radius 2 is 1.54 bits per heavy atom. The van der Waals surface area contributed by atoms with E-state index in [1.807, 2.05) is 29.2 Å². The van der Waals surface area contributed by atoms with Gasteiger partial charge in [-0.05, 0) is 36.4 Å². The van der Waals surface area contributed by atoms with Gasteiger partial charge in [-0.15, -0.1) is 0 Å². The number of anilines is 1. The molecule has 1 amide bonds. The lowest BCUT2D eigenvalue weighted by atomic mass is 10.2. The van der Waals surface area contributed by atoms with Gasteiger partial charge in [0.25, 0.3) is 5.91 Å². The highest BCUT2D eigenvalue weighted by molar-refractivity contribution is 5.78. The first kappa shape index (κ1) is 19.7. The first-order valence-electron chi connectivity index (χ1n) is 9.17. The third kappa shape index (κ3) is 4.42. The number of nitrogens with zero attached hydrogens (tertiary/aromatic N) is 2. The zero-order chi connectivity index (χ0) is 19.9. The van der Waals surface area contributed by atoms with E-state index >= 15 is 0 Å². The molecule has 1 saturated heterocycles. The highest BCUT2D eigenvalue weighted by Gasteiger charge is 2.22. The number of benzene rings is 2. The smallest absolute Gasteiger partial charge is 0.260 e. The van der Waals surface area contributed by atoms with Crippen molar-refractivity contribution >= 4 is 11.6 Å². The number of carbonyl (C=O) groups excluding carboxylic acids is 1. The van der Waals surface area contributed by atoms with Crippen molar-refractivity contribution in [1.82, 2.24) is 4.90 Å². The SMILES string of the molecule is COc1ccc(N2CCN(C(=O)COc3cccc(OC)c3OC)CC2)cc1. The number of hydrogen-bond donors (Lipinski definition) is 0. The molecule has 7 nitrogen and oxygen atoms in total. The van der Waals surface area contributed by atoms with E-state index in [1.165, 1.54) is 0 Å². The van der Waals surface area contributed by atoms with E-state index < -0.39 is 0 Å². The van der Waals surface area contributed by atoms with Crippen LogP contribution in [0.15, 0.2) is 42.5 Å². The highest BCUT2D eigenvalue weighted by atomic mass is 16.5. The van der Waals surface area contributed by atoms with E-state index in [-0.39, 0.29) is 12.5 Å². The summed E-state index contributed by atoms with van der Waals surface area (Å²) in [6, 6.07) is 13.3. The lowest BCUT2D eigenvalue weighted by Crippen LogP contribution is -2.50. The molecule has 0 atom stereocenters. The predicted molar refractivity (Wildman–Crippen MR) is 107 cm³/mol. The van der Waals surface area contributed by atoms with E-state index in [1.54, 1.807) is 39.5 Å². The fourth-order valence-electron chi connectivity index (χ4n) is 3.21. The van der Waals surface area contributed by atoms with Gasteiger partial charge >= 0.3 is 0 Å². The molecule has 1 heterocycles. The van der Waals surface area contributed by atoms with Crippen molar-refractivity contribution in [1.29, 1.82) is 0 Å². The molecule has 3 rings (SSSR count). The molecule has 2 aromatic carbocycles. The summed E-state index contributed by atoms with van der Waals surface area (Å²) in [4.78, 5) is 16.6. The van der Waals surface area contributed by atoms with Gasteiger partial charge in [-0.2, -0.15) is 0 Å². The number of ether oxygens (including phenoxy) is 4. The van der Waals surface area contributed by atoms with Crippen LogP contribution in [-0.2, 0) is 4.79 Å². The van der Waals surface area contributed by atoms with Crippen molar-refractivity contribution < 1.29 is 23.7 Å². The van der Waals surface area contributed by atoms with Gasteiger partial charge in [0.05, 0.1) is 21.3 Å². The number of rotatable bonds is 7. The summed E-state index contributed by atoms with van der Waals surface area (Å²) in [5.41, 5.74) is 1.13. The van der Waals surface area contributed by atoms with Crippen LogP contribution in [0.5, 0.6) is 23.0 Å². The summed E-state index contributed by atoms with van der Waals surface area (Å²) < 4.78 is 21.5. The summed E-state index contributed by atoms with van der Waals surface area (Å²) in [6.07, 6.45) is 0. The van der Waals surface area contributed by atoms with Crippen LogP contribution in [-0.4, -0.2) is 64.9 Å². The van der Waals surface area contributed by atoms with E-state index in [0.29, 0.717) is 30.3 Å². The average molecular weight is 386 g/mol. The van der Waals surface area contributed by atoms with Crippen molar-refractivity contribution in [3.05, 3.63) is 42.5 Å². The van der Waals surface area contributed by atoms with Gasteiger partial charge in [-0.3, -0.25) is 4.79 Å². The van der Waals surface area contributed by atoms with Gasteiger partial charge in [0, 0.05) is 31.9 Å². The molecule has 0 aliphatic carbocycles. The molecule has 0 unspecified atom stereocenters. The van der Waals surface area contributed by atoms with E-state index in [9.17, 15) is 4.79 Å². The summed E-state index contributed by atoms with van der Waals surface area (Å²) in [5, 5.41) is 0. The molecule has 0 saturated carbocycles. The Morgan fingerprint density at radius 1 is 0.857 bits per heavy atom. The molecule has 1 aliphatic heterocycles. The second-order valence-electron chi connectivity index (χ2n) is 6.35. The molecule has 1 aliphatic rings. The number of amides is 1. The van der Waals surface area contributed by atoms with Crippen LogP contribution in [0.3, 0.4) is 0 Å². The normalized spacial score (nSPS) is 13.8. The van der Waals surface area contributed by atoms with Crippen LogP contribution in [0.25, 0.3) is 0 Å². The van der Waals surface area contributed by atoms with Gasteiger partial charge in [-0.25, -0.2) is 0 Å². The monoisotopic (exact) mass is 386 g/mol. The molecular formula is C21H26N2O5. The Morgan fingerprint density at radius 3 is 2.14 bits per heavy atom. The molecule has 150 valence electrons. The van der Waals surface area contributed by atoms with Gasteiger partial charge < -0.3 is 28.7 Å². The average Bonchev–Trinajstić information content (AvgIpc) is 2.77. The van der Waals surface area contributed by atoms with Crippen molar-refractivity contribution in [3.8, 4) is 23.0 Å². The first-order chi connectivity index (χ1) is 13.7. The van der Waals surface area contributed by atoms with E-state index in [2.05, 4.69) is 4.90 Å². The Bertz CT molecular complexity index is 786. The third-order valence-corrected chi connectivity index (χ3v) is 4.79. The van der Waals surface area contributed by atoms with Gasteiger partial charge in [0.1, 0.15) is 5.75 Å². The van der Waals surface area contributed by atoms with Crippen LogP contribution < -0.4 is 23.8 Å². The zero-order valence-corrected chi connectivity index (χ0v) is 16.5. The van der Waals surface area contributed by atoms with Gasteiger partial charge in [-0.1, -0.05) is 6.07 Å². The lowest BCUT2D eigenvalue weighted by molar-refractivity contribution is -0.133.